The molecule has 6 rings (SSSR count). The number of fused-ring (bicyclic) bond motifs is 10. The molecule has 0 aliphatic heterocycles. The highest BCUT2D eigenvalue weighted by atomic mass is 16.6. The minimum absolute atomic E-state index is 0.0132. The van der Waals surface area contributed by atoms with Crippen molar-refractivity contribution in [3.63, 3.8) is 0 Å². The molecule has 4 aliphatic carbocycles. The van der Waals surface area contributed by atoms with Crippen LogP contribution < -0.4 is 4.74 Å². The van der Waals surface area contributed by atoms with Crippen molar-refractivity contribution >= 4 is 16.7 Å². The molecule has 28 heavy (non-hydrogen) atoms. The molecule has 0 spiro atoms. The zero-order valence-electron chi connectivity index (χ0n) is 16.0. The Bertz CT molecular complexity index is 942. The van der Waals surface area contributed by atoms with Gasteiger partial charge in [-0.2, -0.15) is 0 Å². The zero-order valence-corrected chi connectivity index (χ0v) is 16.0. The first-order valence-electron chi connectivity index (χ1n) is 10.7. The molecule has 7 atom stereocenters. The van der Waals surface area contributed by atoms with E-state index in [0.29, 0.717) is 19.1 Å². The maximum atomic E-state index is 12.8. The van der Waals surface area contributed by atoms with Crippen molar-refractivity contribution in [2.75, 3.05) is 13.2 Å². The molecule has 3 heteroatoms. The van der Waals surface area contributed by atoms with Gasteiger partial charge in [-0.15, -0.1) is 0 Å². The van der Waals surface area contributed by atoms with E-state index in [-0.39, 0.29) is 11.9 Å². The largest absolute Gasteiger partial charge is 0.489 e. The van der Waals surface area contributed by atoms with Gasteiger partial charge < -0.3 is 9.47 Å². The van der Waals surface area contributed by atoms with Crippen molar-refractivity contribution in [1.82, 2.24) is 0 Å². The van der Waals surface area contributed by atoms with E-state index in [9.17, 15) is 4.79 Å². The van der Waals surface area contributed by atoms with Crippen LogP contribution in [-0.4, -0.2) is 19.2 Å². The van der Waals surface area contributed by atoms with Gasteiger partial charge in [0.05, 0.1) is 5.92 Å². The van der Waals surface area contributed by atoms with E-state index in [0.717, 1.165) is 52.5 Å². The highest BCUT2D eigenvalue weighted by molar-refractivity contribution is 5.88. The average Bonchev–Trinajstić information content (AvgIpc) is 3.50. The summed E-state index contributed by atoms with van der Waals surface area (Å²) in [6, 6.07) is 14.2. The third kappa shape index (κ3) is 2.45. The van der Waals surface area contributed by atoms with Crippen molar-refractivity contribution in [2.45, 2.75) is 19.3 Å². The maximum Gasteiger partial charge on any atom is 0.309 e. The van der Waals surface area contributed by atoms with Crippen LogP contribution in [0.15, 0.2) is 54.6 Å². The molecule has 3 nitrogen and oxygen atoms in total. The van der Waals surface area contributed by atoms with E-state index >= 15 is 0 Å². The van der Waals surface area contributed by atoms with Gasteiger partial charge >= 0.3 is 5.97 Å². The molecule has 3 saturated carbocycles. The standard InChI is InChI=1S/C25H26O3/c26-25(21-14-18-13-20(21)24-17-9-8-16(12-17)23(18)24)28-11-10-27-22-7-3-5-15-4-1-2-6-19(15)22/h1-9,16-18,20-21,23-24H,10-14H2. The summed E-state index contributed by atoms with van der Waals surface area (Å²) in [7, 11) is 0. The first-order valence-corrected chi connectivity index (χ1v) is 10.7. The van der Waals surface area contributed by atoms with E-state index in [4.69, 9.17) is 9.47 Å². The Morgan fingerprint density at radius 1 is 0.893 bits per heavy atom. The summed E-state index contributed by atoms with van der Waals surface area (Å²) in [6.45, 7) is 0.732. The van der Waals surface area contributed by atoms with Crippen molar-refractivity contribution < 1.29 is 14.3 Å². The second kappa shape index (κ2) is 6.37. The Labute approximate surface area is 165 Å². The van der Waals surface area contributed by atoms with Gasteiger partial charge in [-0.05, 0) is 66.2 Å². The van der Waals surface area contributed by atoms with Crippen molar-refractivity contribution in [3.8, 4) is 5.75 Å². The third-order valence-electron chi connectivity index (χ3n) is 7.91. The average molecular weight is 374 g/mol. The third-order valence-corrected chi connectivity index (χ3v) is 7.91. The zero-order chi connectivity index (χ0) is 18.7. The Hall–Kier alpha value is -2.29. The normalized spacial score (nSPS) is 36.8. The van der Waals surface area contributed by atoms with Gasteiger partial charge in [0.1, 0.15) is 19.0 Å². The lowest BCUT2D eigenvalue weighted by molar-refractivity contribution is -0.152. The van der Waals surface area contributed by atoms with Gasteiger partial charge in [0.2, 0.25) is 0 Å². The molecule has 3 fully saturated rings. The lowest BCUT2D eigenvalue weighted by atomic mass is 9.69. The highest BCUT2D eigenvalue weighted by Crippen LogP contribution is 2.67. The van der Waals surface area contributed by atoms with Crippen molar-refractivity contribution in [1.29, 1.82) is 0 Å². The lowest BCUT2D eigenvalue weighted by Gasteiger charge is -2.35. The molecule has 144 valence electrons. The molecule has 4 bridgehead atoms. The number of hydrogen-bond acceptors (Lipinski definition) is 3. The molecule has 0 amide bonds. The SMILES string of the molecule is O=C(OCCOc1cccc2ccccc12)C1CC2CC1C1C3C=CC(C3)C21. The van der Waals surface area contributed by atoms with E-state index in [1.54, 1.807) is 0 Å². The van der Waals surface area contributed by atoms with Gasteiger partial charge in [0.15, 0.2) is 0 Å². The summed E-state index contributed by atoms with van der Waals surface area (Å²) in [5, 5.41) is 2.26. The van der Waals surface area contributed by atoms with Gasteiger partial charge in [-0.3, -0.25) is 4.79 Å². The van der Waals surface area contributed by atoms with Crippen LogP contribution in [0.3, 0.4) is 0 Å². The monoisotopic (exact) mass is 374 g/mol. The summed E-state index contributed by atoms with van der Waals surface area (Å²) in [5.41, 5.74) is 0. The second-order valence-electron chi connectivity index (χ2n) is 9.10. The van der Waals surface area contributed by atoms with Crippen LogP contribution in [0, 0.1) is 41.4 Å². The summed E-state index contributed by atoms with van der Waals surface area (Å²) in [6.07, 6.45) is 8.50. The Morgan fingerprint density at radius 2 is 1.71 bits per heavy atom. The molecule has 2 aromatic carbocycles. The number of ether oxygens (including phenoxy) is 2. The van der Waals surface area contributed by atoms with Gasteiger partial charge in [-0.1, -0.05) is 48.6 Å². The first kappa shape index (κ1) is 16.6. The summed E-state index contributed by atoms with van der Waals surface area (Å²) >= 11 is 0. The minimum Gasteiger partial charge on any atom is -0.489 e. The maximum absolute atomic E-state index is 12.8. The molecular formula is C25H26O3. The van der Waals surface area contributed by atoms with Crippen LogP contribution in [0.4, 0.5) is 0 Å². The Morgan fingerprint density at radius 3 is 2.64 bits per heavy atom. The molecule has 0 radical (unpaired) electrons. The molecule has 0 aromatic heterocycles. The number of esters is 1. The molecule has 0 saturated heterocycles. The fraction of sp³-hybridized carbons (Fsp3) is 0.480. The fourth-order valence-electron chi connectivity index (χ4n) is 7.01. The quantitative estimate of drug-likeness (QED) is 0.325. The summed E-state index contributed by atoms with van der Waals surface area (Å²) < 4.78 is 11.6. The van der Waals surface area contributed by atoms with Gasteiger partial charge in [-0.25, -0.2) is 0 Å². The summed E-state index contributed by atoms with van der Waals surface area (Å²) in [5.74, 6) is 5.44. The fourth-order valence-corrected chi connectivity index (χ4v) is 7.01. The van der Waals surface area contributed by atoms with E-state index in [1.807, 2.05) is 24.3 Å². The van der Waals surface area contributed by atoms with Gasteiger partial charge in [0.25, 0.3) is 0 Å². The summed E-state index contributed by atoms with van der Waals surface area (Å²) in [4.78, 5) is 12.8. The minimum atomic E-state index is 0.0132. The second-order valence-corrected chi connectivity index (χ2v) is 9.10. The predicted octanol–water partition coefficient (Wildman–Crippen LogP) is 4.86. The molecule has 0 heterocycles. The van der Waals surface area contributed by atoms with E-state index in [1.165, 1.54) is 12.8 Å². The number of carbonyl (C=O) groups excluding carboxylic acids is 1. The van der Waals surface area contributed by atoms with Crippen molar-refractivity contribution in [2.24, 2.45) is 41.4 Å². The van der Waals surface area contributed by atoms with Crippen LogP contribution in [0.2, 0.25) is 0 Å². The number of hydrogen-bond donors (Lipinski definition) is 0. The molecule has 0 N–H and O–H groups in total. The highest BCUT2D eigenvalue weighted by Gasteiger charge is 2.62. The van der Waals surface area contributed by atoms with Crippen LogP contribution in [0.1, 0.15) is 19.3 Å². The van der Waals surface area contributed by atoms with E-state index < -0.39 is 0 Å². The smallest absolute Gasteiger partial charge is 0.309 e. The van der Waals surface area contributed by atoms with Crippen LogP contribution >= 0.6 is 0 Å². The van der Waals surface area contributed by atoms with Gasteiger partial charge in [0, 0.05) is 5.39 Å². The molecule has 7 unspecified atom stereocenters. The Kier molecular flexibility index (Phi) is 3.78. The lowest BCUT2D eigenvalue weighted by Crippen LogP contribution is -2.35. The molecule has 4 aliphatic rings. The number of carbonyl (C=O) groups is 1. The van der Waals surface area contributed by atoms with Crippen LogP contribution in [0.5, 0.6) is 5.75 Å². The van der Waals surface area contributed by atoms with Crippen LogP contribution in [-0.2, 0) is 9.53 Å². The van der Waals surface area contributed by atoms with Crippen molar-refractivity contribution in [3.05, 3.63) is 54.6 Å². The number of allylic oxidation sites excluding steroid dienone is 2. The van der Waals surface area contributed by atoms with Crippen LogP contribution in [0.25, 0.3) is 10.8 Å². The molecular weight excluding hydrogens is 348 g/mol. The Balaban J connectivity index is 1.05. The molecule has 2 aromatic rings. The number of rotatable bonds is 5. The predicted molar refractivity (Wildman–Crippen MR) is 108 cm³/mol. The van der Waals surface area contributed by atoms with E-state index in [2.05, 4.69) is 30.4 Å². The number of benzene rings is 2. The topological polar surface area (TPSA) is 35.5 Å². The first-order chi connectivity index (χ1) is 13.8.